The Morgan fingerprint density at radius 3 is 1.64 bits per heavy atom. The Labute approximate surface area is 156 Å². The number of aliphatic hydroxyl groups is 1. The van der Waals surface area contributed by atoms with E-state index >= 15 is 0 Å². The van der Waals surface area contributed by atoms with Crippen LogP contribution in [0.1, 0.15) is 0 Å². The Hall–Kier alpha value is 0.411. The lowest BCUT2D eigenvalue weighted by molar-refractivity contribution is -0.282. The van der Waals surface area contributed by atoms with Crippen molar-refractivity contribution < 1.29 is 27.9 Å². The van der Waals surface area contributed by atoms with Crippen molar-refractivity contribution >= 4 is 25.0 Å². The topological polar surface area (TPSA) is 66.4 Å². The minimum atomic E-state index is -1.90. The van der Waals surface area contributed by atoms with E-state index in [2.05, 4.69) is 58.9 Å². The Morgan fingerprint density at radius 1 is 0.760 bits per heavy atom. The molecule has 1 unspecified atom stereocenters. The highest BCUT2D eigenvalue weighted by atomic mass is 28.4. The van der Waals surface area contributed by atoms with Crippen molar-refractivity contribution in [2.45, 2.75) is 89.6 Å². The average molecular weight is 411 g/mol. The summed E-state index contributed by atoms with van der Waals surface area (Å²) in [4.78, 5) is 0. The number of methoxy groups -OCH3 is 1. The highest BCUT2D eigenvalue weighted by molar-refractivity contribution is 6.70. The molecular weight excluding hydrogens is 372 g/mol. The summed E-state index contributed by atoms with van der Waals surface area (Å²) < 4.78 is 30.2. The van der Waals surface area contributed by atoms with Gasteiger partial charge in [-0.15, -0.1) is 0 Å². The molecular formula is C16H38O6Si3. The van der Waals surface area contributed by atoms with Gasteiger partial charge in [-0.1, -0.05) is 0 Å². The zero-order chi connectivity index (χ0) is 19.6. The Balaban J connectivity index is 3.06. The first-order valence-electron chi connectivity index (χ1n) is 8.99. The van der Waals surface area contributed by atoms with Crippen LogP contribution in [0.15, 0.2) is 0 Å². The molecule has 150 valence electrons. The van der Waals surface area contributed by atoms with E-state index in [-0.39, 0.29) is 18.3 Å². The molecule has 1 fully saturated rings. The van der Waals surface area contributed by atoms with Crippen LogP contribution in [0.25, 0.3) is 0 Å². The Morgan fingerprint density at radius 2 is 1.24 bits per heavy atom. The quantitative estimate of drug-likeness (QED) is 0.621. The summed E-state index contributed by atoms with van der Waals surface area (Å²) in [5.74, 6) is 0. The fraction of sp³-hybridized carbons (Fsp3) is 1.00. The summed E-state index contributed by atoms with van der Waals surface area (Å²) >= 11 is 0. The predicted molar refractivity (Wildman–Crippen MR) is 107 cm³/mol. The average Bonchev–Trinajstić information content (AvgIpc) is 2.37. The molecule has 25 heavy (non-hydrogen) atoms. The SMILES string of the molecule is CO[C@H]1[C@H](O[Si](C)(C)C)[C@@H](O[Si](C)(C)C)C(O)O[C@@H]1CO[Si](C)(C)C. The summed E-state index contributed by atoms with van der Waals surface area (Å²) in [6.07, 6.45) is -2.69. The van der Waals surface area contributed by atoms with Gasteiger partial charge in [0.2, 0.25) is 0 Å². The third-order valence-electron chi connectivity index (χ3n) is 3.54. The molecule has 9 heteroatoms. The molecule has 1 saturated heterocycles. The molecule has 1 aliphatic rings. The van der Waals surface area contributed by atoms with Gasteiger partial charge in [0.25, 0.3) is 0 Å². The first-order chi connectivity index (χ1) is 11.1. The van der Waals surface area contributed by atoms with Crippen LogP contribution >= 0.6 is 0 Å². The van der Waals surface area contributed by atoms with Gasteiger partial charge in [-0.05, 0) is 58.9 Å². The number of hydrogen-bond acceptors (Lipinski definition) is 6. The van der Waals surface area contributed by atoms with Gasteiger partial charge in [0.15, 0.2) is 31.2 Å². The van der Waals surface area contributed by atoms with Crippen LogP contribution in [-0.2, 0) is 22.8 Å². The van der Waals surface area contributed by atoms with Crippen LogP contribution in [0.3, 0.4) is 0 Å². The van der Waals surface area contributed by atoms with E-state index in [1.54, 1.807) is 7.11 Å². The first-order valence-corrected chi connectivity index (χ1v) is 19.2. The molecule has 0 aromatic carbocycles. The molecule has 0 aromatic heterocycles. The van der Waals surface area contributed by atoms with Crippen molar-refractivity contribution in [3.63, 3.8) is 0 Å². The molecule has 0 bridgehead atoms. The molecule has 1 rings (SSSR count). The van der Waals surface area contributed by atoms with Crippen molar-refractivity contribution in [1.82, 2.24) is 0 Å². The largest absolute Gasteiger partial charge is 0.415 e. The van der Waals surface area contributed by atoms with Crippen LogP contribution in [0.5, 0.6) is 0 Å². The molecule has 6 nitrogen and oxygen atoms in total. The zero-order valence-electron chi connectivity index (χ0n) is 17.6. The molecule has 0 radical (unpaired) electrons. The third-order valence-corrected chi connectivity index (χ3v) is 6.53. The van der Waals surface area contributed by atoms with E-state index in [1.807, 2.05) is 0 Å². The normalized spacial score (nSPS) is 32.0. The van der Waals surface area contributed by atoms with Gasteiger partial charge >= 0.3 is 0 Å². The summed E-state index contributed by atoms with van der Waals surface area (Å²) in [6, 6.07) is 0. The van der Waals surface area contributed by atoms with Crippen molar-refractivity contribution in [2.24, 2.45) is 0 Å². The Kier molecular flexibility index (Phi) is 8.08. The van der Waals surface area contributed by atoms with Gasteiger partial charge in [0.05, 0.1) is 6.61 Å². The summed E-state index contributed by atoms with van der Waals surface area (Å²) in [5.41, 5.74) is 0. The van der Waals surface area contributed by atoms with Crippen LogP contribution in [0, 0.1) is 0 Å². The molecule has 0 aromatic rings. The standard InChI is InChI=1S/C16H38O6Si3/c1-18-13-12(11-19-23(2,3)4)20-16(17)15(22-25(8,9)10)14(13)21-24(5,6)7/h12-17H,11H2,1-10H3/t12-,13-,14+,15-,16?/m1/s1. The van der Waals surface area contributed by atoms with Crippen LogP contribution in [0.2, 0.25) is 58.9 Å². The second-order valence-electron chi connectivity index (χ2n) is 9.58. The monoisotopic (exact) mass is 410 g/mol. The van der Waals surface area contributed by atoms with E-state index in [0.717, 1.165) is 0 Å². The smallest absolute Gasteiger partial charge is 0.184 e. The molecule has 1 aliphatic heterocycles. The minimum Gasteiger partial charge on any atom is -0.415 e. The fourth-order valence-electron chi connectivity index (χ4n) is 2.72. The third kappa shape index (κ3) is 8.31. The Bertz CT molecular complexity index is 416. The summed E-state index contributed by atoms with van der Waals surface area (Å²) in [7, 11) is -3.83. The number of ether oxygens (including phenoxy) is 2. The van der Waals surface area contributed by atoms with Crippen molar-refractivity contribution in [3.8, 4) is 0 Å². The minimum absolute atomic E-state index is 0.340. The summed E-state index contributed by atoms with van der Waals surface area (Å²) in [6.45, 7) is 19.4. The van der Waals surface area contributed by atoms with Gasteiger partial charge in [-0.2, -0.15) is 0 Å². The van der Waals surface area contributed by atoms with Gasteiger partial charge in [0, 0.05) is 7.11 Å². The van der Waals surface area contributed by atoms with E-state index in [0.29, 0.717) is 6.61 Å². The summed E-state index contributed by atoms with van der Waals surface area (Å²) in [5, 5.41) is 10.6. The van der Waals surface area contributed by atoms with E-state index in [1.165, 1.54) is 0 Å². The second-order valence-corrected chi connectivity index (χ2v) is 23.0. The van der Waals surface area contributed by atoms with Gasteiger partial charge in [-0.3, -0.25) is 0 Å². The van der Waals surface area contributed by atoms with E-state index < -0.39 is 37.3 Å². The first kappa shape index (κ1) is 23.5. The fourth-order valence-corrected chi connectivity index (χ4v) is 5.54. The molecule has 0 aliphatic carbocycles. The lowest BCUT2D eigenvalue weighted by Gasteiger charge is -2.48. The highest BCUT2D eigenvalue weighted by Crippen LogP contribution is 2.31. The van der Waals surface area contributed by atoms with E-state index in [9.17, 15) is 5.11 Å². The number of rotatable bonds is 8. The molecule has 5 atom stereocenters. The van der Waals surface area contributed by atoms with Crippen LogP contribution in [-0.4, -0.2) is 74.5 Å². The number of hydrogen-bond donors (Lipinski definition) is 1. The van der Waals surface area contributed by atoms with E-state index in [4.69, 9.17) is 22.8 Å². The van der Waals surface area contributed by atoms with Gasteiger partial charge in [-0.25, -0.2) is 0 Å². The molecule has 0 spiro atoms. The maximum Gasteiger partial charge on any atom is 0.184 e. The maximum atomic E-state index is 10.6. The molecule has 1 heterocycles. The lowest BCUT2D eigenvalue weighted by atomic mass is 9.99. The maximum absolute atomic E-state index is 10.6. The van der Waals surface area contributed by atoms with Gasteiger partial charge in [0.1, 0.15) is 24.4 Å². The number of aliphatic hydroxyl groups excluding tert-OH is 1. The van der Waals surface area contributed by atoms with Crippen molar-refractivity contribution in [1.29, 1.82) is 0 Å². The zero-order valence-corrected chi connectivity index (χ0v) is 20.6. The predicted octanol–water partition coefficient (Wildman–Crippen LogP) is 3.01. The van der Waals surface area contributed by atoms with Crippen molar-refractivity contribution in [3.05, 3.63) is 0 Å². The second kappa shape index (κ2) is 8.61. The molecule has 0 amide bonds. The van der Waals surface area contributed by atoms with Crippen LogP contribution in [0.4, 0.5) is 0 Å². The molecule has 1 N–H and O–H groups in total. The van der Waals surface area contributed by atoms with Gasteiger partial charge < -0.3 is 27.9 Å². The van der Waals surface area contributed by atoms with Crippen LogP contribution < -0.4 is 0 Å². The highest BCUT2D eigenvalue weighted by Gasteiger charge is 2.49. The lowest BCUT2D eigenvalue weighted by Crippen LogP contribution is -2.64. The molecule has 0 saturated carbocycles. The van der Waals surface area contributed by atoms with Crippen molar-refractivity contribution in [2.75, 3.05) is 13.7 Å².